The molecule has 4 nitrogen and oxygen atoms in total. The van der Waals surface area contributed by atoms with Gasteiger partial charge >= 0.3 is 0 Å². The van der Waals surface area contributed by atoms with E-state index in [0.29, 0.717) is 12.5 Å². The van der Waals surface area contributed by atoms with Crippen molar-refractivity contribution in [1.82, 2.24) is 9.80 Å². The number of ether oxygens (including phenoxy) is 1. The molecule has 4 rings (SSSR count). The standard InChI is InChI=1S/C21H26N2O2S/c1-25-19-4-2-16(3-5-19)14-21(24)22-10-6-18(7-11-22)23-12-8-20-17(15-23)9-13-26-20/h2-5,9,13,18H,6-8,10-12,14-15H2,1H3. The summed E-state index contributed by atoms with van der Waals surface area (Å²) < 4.78 is 5.18. The Labute approximate surface area is 159 Å². The van der Waals surface area contributed by atoms with E-state index in [9.17, 15) is 4.79 Å². The van der Waals surface area contributed by atoms with E-state index < -0.39 is 0 Å². The van der Waals surface area contributed by atoms with Gasteiger partial charge in [-0.3, -0.25) is 9.69 Å². The average molecular weight is 371 g/mol. The lowest BCUT2D eigenvalue weighted by Gasteiger charge is -2.40. The van der Waals surface area contributed by atoms with Crippen LogP contribution in [-0.4, -0.2) is 48.5 Å². The Hall–Kier alpha value is -1.85. The number of likely N-dealkylation sites (tertiary alicyclic amines) is 1. The lowest BCUT2D eigenvalue weighted by Crippen LogP contribution is -2.48. The minimum atomic E-state index is 0.243. The van der Waals surface area contributed by atoms with Crippen LogP contribution in [0.25, 0.3) is 0 Å². The molecule has 2 aromatic rings. The van der Waals surface area contributed by atoms with Crippen LogP contribution in [0.1, 0.15) is 28.8 Å². The molecule has 0 radical (unpaired) electrons. The van der Waals surface area contributed by atoms with Gasteiger partial charge in [0.15, 0.2) is 0 Å². The van der Waals surface area contributed by atoms with E-state index in [2.05, 4.69) is 16.3 Å². The number of benzene rings is 1. The van der Waals surface area contributed by atoms with Crippen LogP contribution in [0.2, 0.25) is 0 Å². The highest BCUT2D eigenvalue weighted by Crippen LogP contribution is 2.28. The number of carbonyl (C=O) groups is 1. The van der Waals surface area contributed by atoms with Crippen LogP contribution in [0.3, 0.4) is 0 Å². The molecule has 1 aromatic carbocycles. The van der Waals surface area contributed by atoms with Crippen molar-refractivity contribution in [3.05, 3.63) is 51.7 Å². The smallest absolute Gasteiger partial charge is 0.226 e. The summed E-state index contributed by atoms with van der Waals surface area (Å²) in [7, 11) is 1.66. The van der Waals surface area contributed by atoms with Crippen LogP contribution in [0.4, 0.5) is 0 Å². The third-order valence-electron chi connectivity index (χ3n) is 5.69. The zero-order valence-corrected chi connectivity index (χ0v) is 16.1. The second kappa shape index (κ2) is 7.80. The largest absolute Gasteiger partial charge is 0.497 e. The monoisotopic (exact) mass is 370 g/mol. The molecule has 3 heterocycles. The fourth-order valence-electron chi connectivity index (χ4n) is 4.09. The first-order chi connectivity index (χ1) is 12.7. The second-order valence-corrected chi connectivity index (χ2v) is 8.23. The van der Waals surface area contributed by atoms with E-state index in [4.69, 9.17) is 4.74 Å². The Morgan fingerprint density at radius 2 is 1.92 bits per heavy atom. The first kappa shape index (κ1) is 17.6. The van der Waals surface area contributed by atoms with Gasteiger partial charge in [0.05, 0.1) is 13.5 Å². The summed E-state index contributed by atoms with van der Waals surface area (Å²) in [5.41, 5.74) is 2.57. The molecule has 1 aromatic heterocycles. The highest BCUT2D eigenvalue weighted by Gasteiger charge is 2.29. The zero-order valence-electron chi connectivity index (χ0n) is 15.3. The molecular formula is C21H26N2O2S. The Morgan fingerprint density at radius 1 is 1.15 bits per heavy atom. The van der Waals surface area contributed by atoms with Crippen molar-refractivity contribution in [3.63, 3.8) is 0 Å². The molecule has 0 saturated carbocycles. The molecule has 2 aliphatic heterocycles. The van der Waals surface area contributed by atoms with E-state index >= 15 is 0 Å². The number of nitrogens with zero attached hydrogens (tertiary/aromatic N) is 2. The molecule has 1 fully saturated rings. The molecular weight excluding hydrogens is 344 g/mol. The van der Waals surface area contributed by atoms with Gasteiger partial charge in [-0.1, -0.05) is 12.1 Å². The minimum Gasteiger partial charge on any atom is -0.497 e. The van der Waals surface area contributed by atoms with E-state index in [1.807, 2.05) is 40.5 Å². The molecule has 0 spiro atoms. The number of hydrogen-bond acceptors (Lipinski definition) is 4. The molecule has 1 amide bonds. The summed E-state index contributed by atoms with van der Waals surface area (Å²) in [6, 6.07) is 10.7. The van der Waals surface area contributed by atoms with Crippen LogP contribution in [0, 0.1) is 0 Å². The number of hydrogen-bond donors (Lipinski definition) is 0. The van der Waals surface area contributed by atoms with Crippen LogP contribution >= 0.6 is 11.3 Å². The van der Waals surface area contributed by atoms with Crippen LogP contribution < -0.4 is 4.74 Å². The molecule has 0 bridgehead atoms. The molecule has 0 unspecified atom stereocenters. The first-order valence-corrected chi connectivity index (χ1v) is 10.3. The zero-order chi connectivity index (χ0) is 17.9. The summed E-state index contributed by atoms with van der Waals surface area (Å²) >= 11 is 1.89. The highest BCUT2D eigenvalue weighted by atomic mass is 32.1. The van der Waals surface area contributed by atoms with Gasteiger partial charge in [-0.25, -0.2) is 0 Å². The third-order valence-corrected chi connectivity index (χ3v) is 6.71. The van der Waals surface area contributed by atoms with Crippen molar-refractivity contribution in [2.45, 2.75) is 38.3 Å². The number of piperidine rings is 1. The fourth-order valence-corrected chi connectivity index (χ4v) is 4.98. The summed E-state index contributed by atoms with van der Waals surface area (Å²) in [4.78, 5) is 18.8. The third kappa shape index (κ3) is 3.79. The number of amides is 1. The molecule has 0 N–H and O–H groups in total. The van der Waals surface area contributed by atoms with Gasteiger partial charge in [0.25, 0.3) is 0 Å². The Kier molecular flexibility index (Phi) is 5.27. The van der Waals surface area contributed by atoms with Crippen molar-refractivity contribution >= 4 is 17.2 Å². The van der Waals surface area contributed by atoms with Gasteiger partial charge in [-0.05, 0) is 54.0 Å². The average Bonchev–Trinajstić information content (AvgIpc) is 3.16. The van der Waals surface area contributed by atoms with Gasteiger partial charge in [-0.15, -0.1) is 11.3 Å². The maximum atomic E-state index is 12.6. The SMILES string of the molecule is COc1ccc(CC(=O)N2CCC(N3CCc4sccc4C3)CC2)cc1. The van der Waals surface area contributed by atoms with Gasteiger partial charge < -0.3 is 9.64 Å². The van der Waals surface area contributed by atoms with Crippen molar-refractivity contribution in [2.75, 3.05) is 26.7 Å². The van der Waals surface area contributed by atoms with E-state index in [1.54, 1.807) is 12.0 Å². The quantitative estimate of drug-likeness (QED) is 0.827. The van der Waals surface area contributed by atoms with Gasteiger partial charge in [0, 0.05) is 37.1 Å². The van der Waals surface area contributed by atoms with Crippen LogP contribution in [-0.2, 0) is 24.2 Å². The van der Waals surface area contributed by atoms with Gasteiger partial charge in [-0.2, -0.15) is 0 Å². The Balaban J connectivity index is 1.28. The highest BCUT2D eigenvalue weighted by molar-refractivity contribution is 7.10. The summed E-state index contributed by atoms with van der Waals surface area (Å²) in [5.74, 6) is 1.07. The lowest BCUT2D eigenvalue weighted by atomic mass is 9.99. The van der Waals surface area contributed by atoms with Crippen molar-refractivity contribution < 1.29 is 9.53 Å². The van der Waals surface area contributed by atoms with Crippen LogP contribution in [0.5, 0.6) is 5.75 Å². The molecule has 5 heteroatoms. The summed E-state index contributed by atoms with van der Waals surface area (Å²) in [6.45, 7) is 4.01. The first-order valence-electron chi connectivity index (χ1n) is 9.43. The predicted molar refractivity (Wildman–Crippen MR) is 105 cm³/mol. The second-order valence-electron chi connectivity index (χ2n) is 7.23. The summed E-state index contributed by atoms with van der Waals surface area (Å²) in [6.07, 6.45) is 3.85. The molecule has 2 aliphatic rings. The topological polar surface area (TPSA) is 32.8 Å². The fraction of sp³-hybridized carbons (Fsp3) is 0.476. The van der Waals surface area contributed by atoms with Crippen LogP contribution in [0.15, 0.2) is 35.7 Å². The van der Waals surface area contributed by atoms with E-state index in [0.717, 1.165) is 50.3 Å². The van der Waals surface area contributed by atoms with Crippen molar-refractivity contribution in [2.24, 2.45) is 0 Å². The minimum absolute atomic E-state index is 0.243. The number of rotatable bonds is 4. The number of thiophene rings is 1. The Bertz CT molecular complexity index is 748. The molecule has 1 saturated heterocycles. The molecule has 0 atom stereocenters. The molecule has 0 aliphatic carbocycles. The van der Waals surface area contributed by atoms with Crippen molar-refractivity contribution in [3.8, 4) is 5.75 Å². The number of methoxy groups -OCH3 is 1. The van der Waals surface area contributed by atoms with Gasteiger partial charge in [0.1, 0.15) is 5.75 Å². The van der Waals surface area contributed by atoms with E-state index in [-0.39, 0.29) is 5.91 Å². The predicted octanol–water partition coefficient (Wildman–Crippen LogP) is 3.35. The number of carbonyl (C=O) groups excluding carboxylic acids is 1. The number of fused-ring (bicyclic) bond motifs is 1. The van der Waals surface area contributed by atoms with Gasteiger partial charge in [0.2, 0.25) is 5.91 Å². The molecule has 138 valence electrons. The normalized spacial score (nSPS) is 18.6. The maximum Gasteiger partial charge on any atom is 0.226 e. The Morgan fingerprint density at radius 3 is 2.65 bits per heavy atom. The van der Waals surface area contributed by atoms with Crippen molar-refractivity contribution in [1.29, 1.82) is 0 Å². The summed E-state index contributed by atoms with van der Waals surface area (Å²) in [5, 5.41) is 2.22. The van der Waals surface area contributed by atoms with E-state index in [1.165, 1.54) is 12.0 Å². The molecule has 26 heavy (non-hydrogen) atoms. The lowest BCUT2D eigenvalue weighted by molar-refractivity contribution is -0.132. The maximum absolute atomic E-state index is 12.6.